The molecular formula is C11H17N3OS. The normalized spacial score (nSPS) is 17.2. The number of carbonyl (C=O) groups is 1. The summed E-state index contributed by atoms with van der Waals surface area (Å²) in [6, 6.07) is 3.97. The fourth-order valence-corrected chi connectivity index (χ4v) is 2.41. The van der Waals surface area contributed by atoms with Crippen LogP contribution in [0.2, 0.25) is 0 Å². The van der Waals surface area contributed by atoms with Crippen molar-refractivity contribution in [3.63, 3.8) is 0 Å². The van der Waals surface area contributed by atoms with E-state index in [0.717, 1.165) is 31.1 Å². The van der Waals surface area contributed by atoms with Crippen LogP contribution in [0.25, 0.3) is 0 Å². The molecule has 0 unspecified atom stereocenters. The number of hydrogen-bond donors (Lipinski definition) is 2. The lowest BCUT2D eigenvalue weighted by molar-refractivity contribution is -0.121. The molecule has 1 aliphatic rings. The summed E-state index contributed by atoms with van der Waals surface area (Å²) in [5.41, 5.74) is 0. The largest absolute Gasteiger partial charge is 0.343 e. The van der Waals surface area contributed by atoms with Crippen LogP contribution in [-0.4, -0.2) is 43.7 Å². The summed E-state index contributed by atoms with van der Waals surface area (Å²) >= 11 is 1.63. The van der Waals surface area contributed by atoms with Crippen molar-refractivity contribution < 1.29 is 4.79 Å². The van der Waals surface area contributed by atoms with E-state index >= 15 is 0 Å². The molecule has 0 atom stereocenters. The molecule has 1 fully saturated rings. The second-order valence-electron chi connectivity index (χ2n) is 3.88. The third kappa shape index (κ3) is 3.59. The Morgan fingerprint density at radius 3 is 3.00 bits per heavy atom. The predicted octanol–water partition coefficient (Wildman–Crippen LogP) is 0.270. The highest BCUT2D eigenvalue weighted by atomic mass is 32.1. The molecule has 0 bridgehead atoms. The lowest BCUT2D eigenvalue weighted by atomic mass is 10.3. The summed E-state index contributed by atoms with van der Waals surface area (Å²) in [6.45, 7) is 4.73. The van der Waals surface area contributed by atoms with E-state index < -0.39 is 0 Å². The monoisotopic (exact) mass is 239 g/mol. The van der Waals surface area contributed by atoms with Gasteiger partial charge in [-0.25, -0.2) is 0 Å². The average Bonchev–Trinajstić information content (AvgIpc) is 2.81. The van der Waals surface area contributed by atoms with Gasteiger partial charge in [-0.3, -0.25) is 9.69 Å². The SMILES string of the molecule is O=C(Cc1cccs1)NCN1CCNCC1. The fraction of sp³-hybridized carbons (Fsp3) is 0.545. The van der Waals surface area contributed by atoms with E-state index in [1.165, 1.54) is 0 Å². The number of amides is 1. The first-order valence-corrected chi connectivity index (χ1v) is 6.45. The van der Waals surface area contributed by atoms with Gasteiger partial charge < -0.3 is 10.6 Å². The summed E-state index contributed by atoms with van der Waals surface area (Å²) in [6.07, 6.45) is 0.504. The van der Waals surface area contributed by atoms with Gasteiger partial charge >= 0.3 is 0 Å². The van der Waals surface area contributed by atoms with E-state index in [1.54, 1.807) is 11.3 Å². The first-order chi connectivity index (χ1) is 7.84. The predicted molar refractivity (Wildman–Crippen MR) is 65.5 cm³/mol. The number of piperazine rings is 1. The molecule has 0 aromatic carbocycles. The van der Waals surface area contributed by atoms with Gasteiger partial charge in [0.1, 0.15) is 0 Å². The molecule has 1 amide bonds. The Bertz CT molecular complexity index is 320. The Labute approximate surface area is 99.6 Å². The summed E-state index contributed by atoms with van der Waals surface area (Å²) in [4.78, 5) is 15.0. The zero-order valence-corrected chi connectivity index (χ0v) is 10.1. The Balaban J connectivity index is 1.67. The van der Waals surface area contributed by atoms with Crippen LogP contribution in [0.15, 0.2) is 17.5 Å². The van der Waals surface area contributed by atoms with Gasteiger partial charge in [-0.15, -0.1) is 11.3 Å². The summed E-state index contributed by atoms with van der Waals surface area (Å²) in [7, 11) is 0. The van der Waals surface area contributed by atoms with Crippen LogP contribution in [0, 0.1) is 0 Å². The van der Waals surface area contributed by atoms with Crippen molar-refractivity contribution in [1.29, 1.82) is 0 Å². The smallest absolute Gasteiger partial charge is 0.226 e. The van der Waals surface area contributed by atoms with Gasteiger partial charge in [-0.05, 0) is 11.4 Å². The minimum atomic E-state index is 0.112. The van der Waals surface area contributed by atoms with Crippen LogP contribution < -0.4 is 10.6 Å². The molecule has 0 radical (unpaired) electrons. The maximum absolute atomic E-state index is 11.6. The maximum Gasteiger partial charge on any atom is 0.226 e. The molecule has 2 rings (SSSR count). The van der Waals surface area contributed by atoms with E-state index in [1.807, 2.05) is 17.5 Å². The van der Waals surface area contributed by atoms with Gasteiger partial charge in [0, 0.05) is 31.1 Å². The number of rotatable bonds is 4. The molecule has 2 N–H and O–H groups in total. The molecule has 5 heteroatoms. The van der Waals surface area contributed by atoms with Crippen molar-refractivity contribution in [3.8, 4) is 0 Å². The van der Waals surface area contributed by atoms with Crippen LogP contribution in [0.3, 0.4) is 0 Å². The molecule has 2 heterocycles. The molecule has 88 valence electrons. The Hall–Kier alpha value is -0.910. The van der Waals surface area contributed by atoms with Gasteiger partial charge in [0.2, 0.25) is 5.91 Å². The first kappa shape index (κ1) is 11.6. The van der Waals surface area contributed by atoms with E-state index in [9.17, 15) is 4.79 Å². The quantitative estimate of drug-likeness (QED) is 0.793. The highest BCUT2D eigenvalue weighted by Gasteiger charge is 2.10. The number of carbonyl (C=O) groups excluding carboxylic acids is 1. The highest BCUT2D eigenvalue weighted by molar-refractivity contribution is 7.10. The number of hydrogen-bond acceptors (Lipinski definition) is 4. The van der Waals surface area contributed by atoms with Crippen molar-refractivity contribution in [2.45, 2.75) is 6.42 Å². The van der Waals surface area contributed by atoms with E-state index in [0.29, 0.717) is 13.1 Å². The van der Waals surface area contributed by atoms with Gasteiger partial charge in [0.15, 0.2) is 0 Å². The molecule has 4 nitrogen and oxygen atoms in total. The van der Waals surface area contributed by atoms with E-state index in [4.69, 9.17) is 0 Å². The maximum atomic E-state index is 11.6. The van der Waals surface area contributed by atoms with Crippen molar-refractivity contribution in [3.05, 3.63) is 22.4 Å². The van der Waals surface area contributed by atoms with Crippen LogP contribution in [0.4, 0.5) is 0 Å². The topological polar surface area (TPSA) is 44.4 Å². The standard InChI is InChI=1S/C11H17N3OS/c15-11(8-10-2-1-7-16-10)13-9-14-5-3-12-4-6-14/h1-2,7,12H,3-6,8-9H2,(H,13,15). The minimum Gasteiger partial charge on any atom is -0.343 e. The van der Waals surface area contributed by atoms with Crippen LogP contribution >= 0.6 is 11.3 Å². The van der Waals surface area contributed by atoms with Crippen molar-refractivity contribution in [2.24, 2.45) is 0 Å². The summed E-state index contributed by atoms with van der Waals surface area (Å²) < 4.78 is 0. The third-order valence-electron chi connectivity index (χ3n) is 2.62. The Morgan fingerprint density at radius 2 is 2.31 bits per heavy atom. The van der Waals surface area contributed by atoms with Crippen molar-refractivity contribution in [1.82, 2.24) is 15.5 Å². The number of thiophene rings is 1. The molecule has 0 spiro atoms. The minimum absolute atomic E-state index is 0.112. The molecule has 1 saturated heterocycles. The van der Waals surface area contributed by atoms with Crippen LogP contribution in [0.5, 0.6) is 0 Å². The second-order valence-corrected chi connectivity index (χ2v) is 4.91. The van der Waals surface area contributed by atoms with Crippen molar-refractivity contribution in [2.75, 3.05) is 32.8 Å². The second kappa shape index (κ2) is 5.98. The lowest BCUT2D eigenvalue weighted by Crippen LogP contribution is -2.48. The van der Waals surface area contributed by atoms with E-state index in [2.05, 4.69) is 15.5 Å². The molecule has 1 aliphatic heterocycles. The van der Waals surface area contributed by atoms with Gasteiger partial charge in [0.25, 0.3) is 0 Å². The Morgan fingerprint density at radius 1 is 1.50 bits per heavy atom. The number of nitrogens with one attached hydrogen (secondary N) is 2. The van der Waals surface area contributed by atoms with Gasteiger partial charge in [0.05, 0.1) is 13.1 Å². The van der Waals surface area contributed by atoms with Gasteiger partial charge in [-0.1, -0.05) is 6.07 Å². The molecule has 1 aromatic heterocycles. The van der Waals surface area contributed by atoms with Crippen LogP contribution in [-0.2, 0) is 11.2 Å². The average molecular weight is 239 g/mol. The number of nitrogens with zero attached hydrogens (tertiary/aromatic N) is 1. The Kier molecular flexibility index (Phi) is 4.33. The third-order valence-corrected chi connectivity index (χ3v) is 3.50. The van der Waals surface area contributed by atoms with E-state index in [-0.39, 0.29) is 5.91 Å². The van der Waals surface area contributed by atoms with Crippen LogP contribution in [0.1, 0.15) is 4.88 Å². The zero-order valence-electron chi connectivity index (χ0n) is 9.24. The molecule has 0 saturated carbocycles. The lowest BCUT2D eigenvalue weighted by Gasteiger charge is -2.27. The fourth-order valence-electron chi connectivity index (χ4n) is 1.70. The van der Waals surface area contributed by atoms with Crippen molar-refractivity contribution >= 4 is 17.2 Å². The zero-order chi connectivity index (χ0) is 11.2. The highest BCUT2D eigenvalue weighted by Crippen LogP contribution is 2.08. The molecule has 1 aromatic rings. The molecule has 16 heavy (non-hydrogen) atoms. The van der Waals surface area contributed by atoms with Gasteiger partial charge in [-0.2, -0.15) is 0 Å². The molecule has 0 aliphatic carbocycles. The molecular weight excluding hydrogens is 222 g/mol. The summed E-state index contributed by atoms with van der Waals surface area (Å²) in [5, 5.41) is 8.24. The summed E-state index contributed by atoms with van der Waals surface area (Å²) in [5.74, 6) is 0.112. The first-order valence-electron chi connectivity index (χ1n) is 5.57.